The van der Waals surface area contributed by atoms with Crippen LogP contribution in [0, 0.1) is 0 Å². The van der Waals surface area contributed by atoms with Crippen molar-refractivity contribution in [2.24, 2.45) is 0 Å². The van der Waals surface area contributed by atoms with Gasteiger partial charge in [0.1, 0.15) is 35.0 Å². The Labute approximate surface area is 533 Å². The van der Waals surface area contributed by atoms with Crippen molar-refractivity contribution in [3.05, 3.63) is 101 Å². The van der Waals surface area contributed by atoms with Crippen molar-refractivity contribution in [2.45, 2.75) is 49.7 Å². The zero-order valence-corrected chi connectivity index (χ0v) is 50.9. The van der Waals surface area contributed by atoms with Gasteiger partial charge in [0.05, 0.1) is 65.1 Å². The number of aromatic amines is 2. The number of hydrazine groups is 2. The number of hydrogen-bond donors (Lipinski definition) is 20. The van der Waals surface area contributed by atoms with Gasteiger partial charge in [0.15, 0.2) is 0 Å². The first-order valence-corrected chi connectivity index (χ1v) is 26.8. The smallest absolute Gasteiger partial charge is 1.00 e. The number of H-pyrrole nitrogens is 2. The fourth-order valence-corrected chi connectivity index (χ4v) is 9.52. The Morgan fingerprint density at radius 1 is 0.533 bits per heavy atom. The summed E-state index contributed by atoms with van der Waals surface area (Å²) in [7, 11) is 1.44. The largest absolute Gasteiger partial charge is 1.00 e. The Morgan fingerprint density at radius 2 is 1.00 bits per heavy atom. The van der Waals surface area contributed by atoms with Crippen molar-refractivity contribution in [1.29, 1.82) is 0 Å². The molecule has 3 unspecified atom stereocenters. The van der Waals surface area contributed by atoms with Crippen LogP contribution in [0.15, 0.2) is 72.8 Å². The zero-order valence-electron chi connectivity index (χ0n) is 49.9. The third kappa shape index (κ3) is 21.0. The number of carboxylic acids is 8. The molecule has 5 rings (SSSR count). The van der Waals surface area contributed by atoms with Gasteiger partial charge in [-0.05, 0) is 56.6 Å². The fourth-order valence-electron chi connectivity index (χ4n) is 9.52. The summed E-state index contributed by atoms with van der Waals surface area (Å²) in [6.07, 6.45) is -0.379. The first-order valence-electron chi connectivity index (χ1n) is 26.8. The molecule has 0 saturated carbocycles. The maximum atomic E-state index is 14.6. The molecule has 0 fully saturated rings. The molecular weight excluding hydrogens is 1200 g/mol. The van der Waals surface area contributed by atoms with Gasteiger partial charge in [-0.3, -0.25) is 116 Å². The maximum absolute atomic E-state index is 14.6. The zero-order chi connectivity index (χ0) is 65.8. The normalized spacial score (nSPS) is 12.5. The average Bonchev–Trinajstić information content (AvgIpc) is 1.63. The summed E-state index contributed by atoms with van der Waals surface area (Å²) in [5.41, 5.74) is 8.76. The predicted molar refractivity (Wildman–Crippen MR) is 309 cm³/mol. The monoisotopic (exact) mass is 1270 g/mol. The van der Waals surface area contributed by atoms with Crippen molar-refractivity contribution in [2.75, 3.05) is 79.1 Å². The van der Waals surface area contributed by atoms with Crippen molar-refractivity contribution in [1.82, 2.24) is 73.4 Å². The quantitative estimate of drug-likeness (QED) is 0.00993. The molecule has 5 aromatic rings. The van der Waals surface area contributed by atoms with Crippen LogP contribution in [0.25, 0.3) is 21.8 Å². The van der Waals surface area contributed by atoms with Crippen LogP contribution in [-0.2, 0) is 47.9 Å². The number of para-hydroxylation sites is 2. The SMILES string of the molecule is COc1ccc(C(c2c(C(=O)NNC(=O)CNC(CCNC(C(=O)O)C(C)(NCC(=O)O)NCC(=O)O)C(=O)O)[nH]c3ccccc23)c2c(C(=O)NNC(=O)CN(CCN(CC(=O)O)C(C)(NCC(=O)O)NCC(=O)O)CC(=O)O)[nH]c3ccccc23)cc1.[H-].[Na+]. The van der Waals surface area contributed by atoms with Gasteiger partial charge >= 0.3 is 77.3 Å². The van der Waals surface area contributed by atoms with Gasteiger partial charge in [0.25, 0.3) is 23.6 Å². The van der Waals surface area contributed by atoms with Crippen LogP contribution in [0.5, 0.6) is 5.75 Å². The third-order valence-electron chi connectivity index (χ3n) is 13.8. The Bertz CT molecular complexity index is 3410. The number of ether oxygens (including phenoxy) is 1. The summed E-state index contributed by atoms with van der Waals surface area (Å²) in [6.45, 7) is -4.87. The van der Waals surface area contributed by atoms with Gasteiger partial charge in [0.2, 0.25) is 0 Å². The molecule has 0 aliphatic rings. The summed E-state index contributed by atoms with van der Waals surface area (Å²) in [5.74, 6) is -17.7. The average molecular weight is 1270 g/mol. The van der Waals surface area contributed by atoms with Crippen LogP contribution >= 0.6 is 0 Å². The van der Waals surface area contributed by atoms with Gasteiger partial charge in [0, 0.05) is 51.9 Å². The van der Waals surface area contributed by atoms with Crippen LogP contribution in [-0.4, -0.2) is 235 Å². The molecule has 0 aliphatic carbocycles. The molecule has 3 aromatic carbocycles. The van der Waals surface area contributed by atoms with E-state index in [0.29, 0.717) is 33.1 Å². The van der Waals surface area contributed by atoms with E-state index in [2.05, 4.69) is 63.6 Å². The molecule has 3 atom stereocenters. The number of benzene rings is 3. The maximum Gasteiger partial charge on any atom is 1.00 e. The predicted octanol–water partition coefficient (Wildman–Crippen LogP) is -6.19. The number of aromatic nitrogens is 2. The Kier molecular flexibility index (Phi) is 27.7. The molecule has 90 heavy (non-hydrogen) atoms. The van der Waals surface area contributed by atoms with Crippen LogP contribution in [0.2, 0.25) is 0 Å². The van der Waals surface area contributed by atoms with Crippen LogP contribution in [0.3, 0.4) is 0 Å². The van der Waals surface area contributed by atoms with Crippen molar-refractivity contribution in [3.8, 4) is 5.75 Å². The molecule has 36 heteroatoms. The second-order valence-electron chi connectivity index (χ2n) is 20.1. The van der Waals surface area contributed by atoms with Gasteiger partial charge in [-0.1, -0.05) is 48.5 Å². The van der Waals surface area contributed by atoms with E-state index in [-0.39, 0.29) is 79.6 Å². The van der Waals surface area contributed by atoms with E-state index in [1.165, 1.54) is 21.0 Å². The summed E-state index contributed by atoms with van der Waals surface area (Å²) < 4.78 is 5.44. The number of nitrogens with one attached hydrogen (secondary N) is 12. The van der Waals surface area contributed by atoms with E-state index >= 15 is 0 Å². The molecule has 35 nitrogen and oxygen atoms in total. The van der Waals surface area contributed by atoms with Crippen LogP contribution in [0.4, 0.5) is 0 Å². The fraction of sp³-hybridized carbons (Fsp3) is 0.370. The van der Waals surface area contributed by atoms with Crippen LogP contribution < -0.4 is 87.9 Å². The van der Waals surface area contributed by atoms with Gasteiger partial charge < -0.3 is 62.3 Å². The molecule has 0 spiro atoms. The summed E-state index contributed by atoms with van der Waals surface area (Å²) in [6, 6.07) is 16.8. The Balaban J connectivity index is 0.0000108. The van der Waals surface area contributed by atoms with Gasteiger partial charge in [-0.15, -0.1) is 0 Å². The molecule has 482 valence electrons. The minimum atomic E-state index is -1.89. The molecule has 0 bridgehead atoms. The summed E-state index contributed by atoms with van der Waals surface area (Å²) in [5, 5.41) is 92.5. The third-order valence-corrected chi connectivity index (χ3v) is 13.8. The van der Waals surface area contributed by atoms with Crippen molar-refractivity contribution >= 4 is 93.2 Å². The first kappa shape index (κ1) is 73.3. The molecule has 4 amide bonds. The molecule has 2 heterocycles. The summed E-state index contributed by atoms with van der Waals surface area (Å²) >= 11 is 0. The molecule has 20 N–H and O–H groups in total. The Hall–Kier alpha value is -9.14. The molecule has 0 radical (unpaired) electrons. The van der Waals surface area contributed by atoms with Crippen LogP contribution in [0.1, 0.15) is 65.3 Å². The minimum Gasteiger partial charge on any atom is -1.00 e. The number of carboxylic acid groups (broad SMARTS) is 8. The number of carbonyl (C=O) groups is 12. The number of fused-ring (bicyclic) bond motifs is 2. The van der Waals surface area contributed by atoms with E-state index in [9.17, 15) is 98.4 Å². The Morgan fingerprint density at radius 3 is 1.44 bits per heavy atom. The van der Waals surface area contributed by atoms with E-state index in [0.717, 1.165) is 9.80 Å². The number of carbonyl (C=O) groups excluding carboxylic acids is 4. The topological polar surface area (TPSA) is 534 Å². The standard InChI is InChI=1S/C54H68N14O21.Na.H/c1-53(57-21-37(71)72,58-22-38(73)74)48(52(87)88)55-17-16-34(51(85)86)56-20-35(69)63-65-49(83)46-44(30-8-4-6-10-32(30)61-46)43(28-12-14-29(89-3)15-13-28)45-31-9-5-7-11-33(31)62-47(45)50(84)66-64-36(70)25-67(26-41(79)80)18-19-68(27-42(81)82)54(2,59-23-39(75)76)60-24-40(77)78;;/h4-15,34,43,48,55-62H,16-27H2,1-3H3,(H,63,69)(H,64,70)(H,65,83)(H,66,84)(H,71,72)(H,73,74)(H,75,76)(H,77,78)(H,79,80)(H,81,82)(H,85,86)(H,87,88);;/q;+1;-1. The molecular formula is C54H69N14NaO21. The van der Waals surface area contributed by atoms with Gasteiger partial charge in [-0.2, -0.15) is 0 Å². The molecule has 0 saturated heterocycles. The van der Waals surface area contributed by atoms with E-state index in [1.54, 1.807) is 72.8 Å². The van der Waals surface area contributed by atoms with E-state index in [1.807, 2.05) is 0 Å². The number of nitrogens with zero attached hydrogens (tertiary/aromatic N) is 2. The second-order valence-corrected chi connectivity index (χ2v) is 20.1. The second kappa shape index (κ2) is 34.0. The number of aliphatic carboxylic acids is 8. The van der Waals surface area contributed by atoms with E-state index < -0.39 is 153 Å². The van der Waals surface area contributed by atoms with Gasteiger partial charge in [-0.25, -0.2) is 0 Å². The number of amides is 4. The minimum absolute atomic E-state index is 0. The number of rotatable bonds is 38. The molecule has 0 aliphatic heterocycles. The summed E-state index contributed by atoms with van der Waals surface area (Å²) in [4.78, 5) is 159. The number of hydrogen-bond acceptors (Lipinski definition) is 21. The van der Waals surface area contributed by atoms with Crippen molar-refractivity contribution in [3.63, 3.8) is 0 Å². The van der Waals surface area contributed by atoms with E-state index in [4.69, 9.17) is 4.74 Å². The number of methoxy groups -OCH3 is 1. The molecule has 2 aromatic heterocycles. The first-order chi connectivity index (χ1) is 42.1. The van der Waals surface area contributed by atoms with Crippen molar-refractivity contribution < 1.29 is 134 Å².